The highest BCUT2D eigenvalue weighted by molar-refractivity contribution is 9.10. The second-order valence-electron chi connectivity index (χ2n) is 4.67. The van der Waals surface area contributed by atoms with Crippen LogP contribution in [0.1, 0.15) is 16.8 Å². The third-order valence-corrected chi connectivity index (χ3v) is 5.31. The van der Waals surface area contributed by atoms with E-state index in [1.165, 1.54) is 0 Å². The average Bonchev–Trinajstić information content (AvgIpc) is 2.41. The first-order valence-electron chi connectivity index (χ1n) is 6.29. The van der Waals surface area contributed by atoms with Crippen LogP contribution in [0.15, 0.2) is 39.7 Å². The van der Waals surface area contributed by atoms with Gasteiger partial charge in [-0.25, -0.2) is 13.4 Å². The highest BCUT2D eigenvalue weighted by Gasteiger charge is 2.20. The molecule has 1 aromatic carbocycles. The second kappa shape index (κ2) is 6.13. The summed E-state index contributed by atoms with van der Waals surface area (Å²) < 4.78 is 28.3. The molecule has 3 N–H and O–H groups in total. The summed E-state index contributed by atoms with van der Waals surface area (Å²) in [4.78, 5) is 4.35. The molecule has 0 radical (unpaired) electrons. The third kappa shape index (κ3) is 3.61. The van der Waals surface area contributed by atoms with Crippen LogP contribution >= 0.6 is 15.9 Å². The van der Waals surface area contributed by atoms with Crippen LogP contribution in [0, 0.1) is 13.8 Å². The molecule has 0 unspecified atom stereocenters. The number of rotatable bonds is 4. The minimum atomic E-state index is -3.71. The van der Waals surface area contributed by atoms with Gasteiger partial charge in [0.05, 0.1) is 4.90 Å². The molecule has 2 aromatic rings. The normalized spacial score (nSPS) is 11.4. The van der Waals surface area contributed by atoms with E-state index >= 15 is 0 Å². The number of nitrogens with zero attached hydrogens (tertiary/aromatic N) is 1. The maximum Gasteiger partial charge on any atom is 0.263 e. The fourth-order valence-corrected chi connectivity index (χ4v) is 3.85. The number of aryl methyl sites for hydroxylation is 1. The largest absolute Gasteiger partial charge is 0.326 e. The van der Waals surface area contributed by atoms with E-state index in [4.69, 9.17) is 5.73 Å². The molecular weight excluding hydrogens is 354 g/mol. The van der Waals surface area contributed by atoms with Gasteiger partial charge in [-0.3, -0.25) is 4.72 Å². The number of pyridine rings is 1. The number of aromatic nitrogens is 1. The van der Waals surface area contributed by atoms with Gasteiger partial charge < -0.3 is 5.73 Å². The van der Waals surface area contributed by atoms with E-state index in [9.17, 15) is 8.42 Å². The van der Waals surface area contributed by atoms with Gasteiger partial charge >= 0.3 is 0 Å². The summed E-state index contributed by atoms with van der Waals surface area (Å²) in [5, 5.41) is 0. The van der Waals surface area contributed by atoms with E-state index in [0.717, 1.165) is 11.3 Å². The second-order valence-corrected chi connectivity index (χ2v) is 7.18. The summed E-state index contributed by atoms with van der Waals surface area (Å²) in [6, 6.07) is 8.56. The van der Waals surface area contributed by atoms with Gasteiger partial charge in [0.2, 0.25) is 0 Å². The molecule has 0 aliphatic rings. The number of hydrogen-bond acceptors (Lipinski definition) is 4. The van der Waals surface area contributed by atoms with E-state index in [2.05, 4.69) is 25.6 Å². The molecule has 1 aromatic heterocycles. The summed E-state index contributed by atoms with van der Waals surface area (Å²) in [7, 11) is -3.71. The fraction of sp³-hybridized carbons (Fsp3) is 0.214. The molecule has 0 atom stereocenters. The van der Waals surface area contributed by atoms with Crippen LogP contribution in [0.3, 0.4) is 0 Å². The molecule has 7 heteroatoms. The Morgan fingerprint density at radius 1 is 1.29 bits per heavy atom. The first-order valence-corrected chi connectivity index (χ1v) is 8.56. The molecular formula is C14H16BrN3O2S. The predicted octanol–water partition coefficient (Wildman–Crippen LogP) is 2.72. The van der Waals surface area contributed by atoms with Crippen molar-refractivity contribution < 1.29 is 8.42 Å². The fourth-order valence-electron chi connectivity index (χ4n) is 1.90. The predicted molar refractivity (Wildman–Crippen MR) is 86.6 cm³/mol. The molecule has 0 fully saturated rings. The molecule has 0 aliphatic carbocycles. The quantitative estimate of drug-likeness (QED) is 0.867. The average molecular weight is 370 g/mol. The van der Waals surface area contributed by atoms with Gasteiger partial charge in [-0.2, -0.15) is 0 Å². The number of benzene rings is 1. The summed E-state index contributed by atoms with van der Waals surface area (Å²) in [5.41, 5.74) is 7.72. The van der Waals surface area contributed by atoms with E-state index in [1.54, 1.807) is 38.1 Å². The Kier molecular flexibility index (Phi) is 4.65. The zero-order valence-corrected chi connectivity index (χ0v) is 14.1. The Hall–Kier alpha value is -1.44. The maximum absolute atomic E-state index is 12.5. The van der Waals surface area contributed by atoms with Crippen molar-refractivity contribution in [3.8, 4) is 0 Å². The van der Waals surface area contributed by atoms with Crippen LogP contribution in [-0.4, -0.2) is 13.4 Å². The highest BCUT2D eigenvalue weighted by atomic mass is 79.9. The minimum absolute atomic E-state index is 0.195. The molecule has 1 heterocycles. The summed E-state index contributed by atoms with van der Waals surface area (Å²) >= 11 is 3.36. The molecule has 0 saturated carbocycles. The smallest absolute Gasteiger partial charge is 0.263 e. The summed E-state index contributed by atoms with van der Waals surface area (Å²) in [5.74, 6) is 0.295. The van der Waals surface area contributed by atoms with E-state index in [1.807, 2.05) is 6.07 Å². The molecule has 5 nitrogen and oxygen atoms in total. The zero-order chi connectivity index (χ0) is 15.6. The van der Waals surface area contributed by atoms with Crippen molar-refractivity contribution in [2.24, 2.45) is 5.73 Å². The van der Waals surface area contributed by atoms with Crippen LogP contribution in [0.2, 0.25) is 0 Å². The summed E-state index contributed by atoms with van der Waals surface area (Å²) in [6.45, 7) is 3.81. The molecule has 2 rings (SSSR count). The SMILES string of the molecule is Cc1cccc(NS(=O)(=O)c2cc(CN)cc(Br)c2C)n1. The lowest BCUT2D eigenvalue weighted by atomic mass is 10.1. The minimum Gasteiger partial charge on any atom is -0.326 e. The van der Waals surface area contributed by atoms with E-state index in [-0.39, 0.29) is 11.4 Å². The molecule has 0 saturated heterocycles. The Morgan fingerprint density at radius 3 is 2.62 bits per heavy atom. The van der Waals surface area contributed by atoms with Crippen LogP contribution in [0.25, 0.3) is 0 Å². The van der Waals surface area contributed by atoms with Crippen molar-refractivity contribution in [2.75, 3.05) is 4.72 Å². The van der Waals surface area contributed by atoms with Gasteiger partial charge in [-0.05, 0) is 49.2 Å². The number of halogens is 1. The number of nitrogens with two attached hydrogens (primary N) is 1. The van der Waals surface area contributed by atoms with Gasteiger partial charge in [0.25, 0.3) is 10.0 Å². The number of anilines is 1. The monoisotopic (exact) mass is 369 g/mol. The number of nitrogens with one attached hydrogen (secondary N) is 1. The van der Waals surface area contributed by atoms with E-state index < -0.39 is 10.0 Å². The molecule has 0 spiro atoms. The first kappa shape index (κ1) is 15.9. The maximum atomic E-state index is 12.5. The van der Waals surface area contributed by atoms with Crippen molar-refractivity contribution in [1.82, 2.24) is 4.98 Å². The molecule has 0 aliphatic heterocycles. The van der Waals surface area contributed by atoms with Gasteiger partial charge in [0, 0.05) is 16.7 Å². The first-order chi connectivity index (χ1) is 9.83. The Labute approximate surface area is 132 Å². The molecule has 21 heavy (non-hydrogen) atoms. The van der Waals surface area contributed by atoms with E-state index in [0.29, 0.717) is 15.9 Å². The molecule has 112 valence electrons. The number of hydrogen-bond donors (Lipinski definition) is 2. The van der Waals surface area contributed by atoms with Crippen molar-refractivity contribution >= 4 is 31.8 Å². The lowest BCUT2D eigenvalue weighted by Gasteiger charge is -2.13. The zero-order valence-electron chi connectivity index (χ0n) is 11.7. The lowest BCUT2D eigenvalue weighted by molar-refractivity contribution is 0.600. The Morgan fingerprint density at radius 2 is 2.00 bits per heavy atom. The van der Waals surface area contributed by atoms with Crippen molar-refractivity contribution in [1.29, 1.82) is 0 Å². The van der Waals surface area contributed by atoms with Crippen LogP contribution < -0.4 is 10.5 Å². The molecule has 0 bridgehead atoms. The van der Waals surface area contributed by atoms with Crippen LogP contribution in [-0.2, 0) is 16.6 Å². The lowest BCUT2D eigenvalue weighted by Crippen LogP contribution is -2.16. The topological polar surface area (TPSA) is 85.1 Å². The van der Waals surface area contributed by atoms with Crippen molar-refractivity contribution in [3.63, 3.8) is 0 Å². The van der Waals surface area contributed by atoms with Crippen molar-refractivity contribution in [2.45, 2.75) is 25.3 Å². The van der Waals surface area contributed by atoms with Crippen LogP contribution in [0.5, 0.6) is 0 Å². The standard InChI is InChI=1S/C14H16BrN3O2S/c1-9-4-3-5-14(17-9)18-21(19,20)13-7-11(8-16)6-12(15)10(13)2/h3-7H,8,16H2,1-2H3,(H,17,18). The number of sulfonamides is 1. The highest BCUT2D eigenvalue weighted by Crippen LogP contribution is 2.27. The van der Waals surface area contributed by atoms with Gasteiger partial charge in [0.15, 0.2) is 0 Å². The van der Waals surface area contributed by atoms with Crippen molar-refractivity contribution in [3.05, 3.63) is 51.6 Å². The van der Waals surface area contributed by atoms with Crippen LogP contribution in [0.4, 0.5) is 5.82 Å². The molecule has 0 amide bonds. The third-order valence-electron chi connectivity index (χ3n) is 3.01. The Bertz CT molecular complexity index is 776. The van der Waals surface area contributed by atoms with Gasteiger partial charge in [-0.15, -0.1) is 0 Å². The Balaban J connectivity index is 2.47. The van der Waals surface area contributed by atoms with Gasteiger partial charge in [0.1, 0.15) is 5.82 Å². The summed E-state index contributed by atoms with van der Waals surface area (Å²) in [6.07, 6.45) is 0. The van der Waals surface area contributed by atoms with Gasteiger partial charge in [-0.1, -0.05) is 22.0 Å².